The summed E-state index contributed by atoms with van der Waals surface area (Å²) in [5.74, 6) is 0. The first-order chi connectivity index (χ1) is 8.16. The van der Waals surface area contributed by atoms with Gasteiger partial charge in [0, 0.05) is 31.4 Å². The molecule has 0 radical (unpaired) electrons. The Hall–Kier alpha value is -0.870. The Morgan fingerprint density at radius 1 is 1.53 bits per heavy atom. The van der Waals surface area contributed by atoms with Gasteiger partial charge in [0.05, 0.1) is 12.0 Å². The second-order valence-electron chi connectivity index (χ2n) is 5.37. The Morgan fingerprint density at radius 2 is 2.35 bits per heavy atom. The van der Waals surface area contributed by atoms with Gasteiger partial charge < -0.3 is 14.8 Å². The molecule has 0 aliphatic carbocycles. The van der Waals surface area contributed by atoms with E-state index in [4.69, 9.17) is 0 Å². The number of nitrogens with zero attached hydrogens (tertiary/aromatic N) is 3. The molecule has 1 N–H and O–H groups in total. The molecule has 2 heterocycles. The first kappa shape index (κ1) is 12.6. The van der Waals surface area contributed by atoms with Crippen molar-refractivity contribution in [3.63, 3.8) is 0 Å². The standard InChI is InChI=1S/C13H24N4/c1-11(2)17-10-14-7-13(17)8-15-12-5-4-6-16(3)9-12/h7,10-12,15H,4-6,8-9H2,1-3H3. The van der Waals surface area contributed by atoms with Crippen LogP contribution in [-0.4, -0.2) is 40.6 Å². The van der Waals surface area contributed by atoms with Gasteiger partial charge in [-0.1, -0.05) is 0 Å². The van der Waals surface area contributed by atoms with Gasteiger partial charge in [-0.2, -0.15) is 0 Å². The number of likely N-dealkylation sites (tertiary alicyclic amines) is 1. The zero-order valence-corrected chi connectivity index (χ0v) is 11.2. The number of imidazole rings is 1. The van der Waals surface area contributed by atoms with Crippen molar-refractivity contribution in [1.29, 1.82) is 0 Å². The molecule has 2 rings (SSSR count). The van der Waals surface area contributed by atoms with Crippen LogP contribution in [-0.2, 0) is 6.54 Å². The molecule has 17 heavy (non-hydrogen) atoms. The maximum atomic E-state index is 4.23. The summed E-state index contributed by atoms with van der Waals surface area (Å²) in [6, 6.07) is 1.12. The summed E-state index contributed by atoms with van der Waals surface area (Å²) in [7, 11) is 2.20. The summed E-state index contributed by atoms with van der Waals surface area (Å²) in [6.07, 6.45) is 6.49. The maximum absolute atomic E-state index is 4.23. The van der Waals surface area contributed by atoms with Gasteiger partial charge in [0.2, 0.25) is 0 Å². The second kappa shape index (κ2) is 5.65. The third-order valence-electron chi connectivity index (χ3n) is 3.50. The monoisotopic (exact) mass is 236 g/mol. The molecule has 1 unspecified atom stereocenters. The van der Waals surface area contributed by atoms with Crippen molar-refractivity contribution in [2.45, 2.75) is 45.3 Å². The number of aromatic nitrogens is 2. The molecule has 1 aliphatic heterocycles. The molecule has 0 saturated carbocycles. The van der Waals surface area contributed by atoms with Crippen molar-refractivity contribution in [3.05, 3.63) is 18.2 Å². The van der Waals surface area contributed by atoms with Crippen molar-refractivity contribution >= 4 is 0 Å². The predicted octanol–water partition coefficient (Wildman–Crippen LogP) is 1.65. The molecular weight excluding hydrogens is 212 g/mol. The van der Waals surface area contributed by atoms with E-state index in [-0.39, 0.29) is 0 Å². The van der Waals surface area contributed by atoms with Gasteiger partial charge in [-0.05, 0) is 40.3 Å². The minimum absolute atomic E-state index is 0.489. The molecule has 1 aliphatic rings. The van der Waals surface area contributed by atoms with Crippen molar-refractivity contribution < 1.29 is 0 Å². The first-order valence-electron chi connectivity index (χ1n) is 6.59. The highest BCUT2D eigenvalue weighted by molar-refractivity contribution is 5.00. The lowest BCUT2D eigenvalue weighted by molar-refractivity contribution is 0.225. The largest absolute Gasteiger partial charge is 0.331 e. The molecule has 0 amide bonds. The minimum atomic E-state index is 0.489. The van der Waals surface area contributed by atoms with E-state index in [9.17, 15) is 0 Å². The molecular formula is C13H24N4. The van der Waals surface area contributed by atoms with E-state index in [1.54, 1.807) is 0 Å². The van der Waals surface area contributed by atoms with Gasteiger partial charge in [-0.25, -0.2) is 4.98 Å². The van der Waals surface area contributed by atoms with Crippen LogP contribution < -0.4 is 5.32 Å². The Balaban J connectivity index is 1.86. The molecule has 1 aromatic heterocycles. The van der Waals surface area contributed by atoms with Crippen molar-refractivity contribution in [1.82, 2.24) is 19.8 Å². The average Bonchev–Trinajstić information content (AvgIpc) is 2.74. The fourth-order valence-corrected chi connectivity index (χ4v) is 2.52. The van der Waals surface area contributed by atoms with E-state index in [1.165, 1.54) is 25.1 Å². The van der Waals surface area contributed by atoms with Crippen LogP contribution in [0.25, 0.3) is 0 Å². The van der Waals surface area contributed by atoms with E-state index in [0.717, 1.165) is 13.1 Å². The van der Waals surface area contributed by atoms with Gasteiger partial charge in [0.25, 0.3) is 0 Å². The Morgan fingerprint density at radius 3 is 3.06 bits per heavy atom. The lowest BCUT2D eigenvalue weighted by Crippen LogP contribution is -2.43. The van der Waals surface area contributed by atoms with Crippen LogP contribution in [0.15, 0.2) is 12.5 Å². The third-order valence-corrected chi connectivity index (χ3v) is 3.50. The van der Waals surface area contributed by atoms with Gasteiger partial charge in [0.15, 0.2) is 0 Å². The number of rotatable bonds is 4. The molecule has 4 heteroatoms. The fraction of sp³-hybridized carbons (Fsp3) is 0.769. The summed E-state index contributed by atoms with van der Waals surface area (Å²) >= 11 is 0. The zero-order chi connectivity index (χ0) is 12.3. The summed E-state index contributed by atoms with van der Waals surface area (Å²) in [5, 5.41) is 3.65. The predicted molar refractivity (Wildman–Crippen MR) is 70.0 cm³/mol. The number of likely N-dealkylation sites (N-methyl/N-ethyl adjacent to an activating group) is 1. The molecule has 0 bridgehead atoms. The van der Waals surface area contributed by atoms with E-state index in [1.807, 2.05) is 12.5 Å². The van der Waals surface area contributed by atoms with Crippen molar-refractivity contribution in [2.24, 2.45) is 0 Å². The number of nitrogens with one attached hydrogen (secondary N) is 1. The molecule has 4 nitrogen and oxygen atoms in total. The summed E-state index contributed by atoms with van der Waals surface area (Å²) in [6.45, 7) is 7.72. The summed E-state index contributed by atoms with van der Waals surface area (Å²) in [4.78, 5) is 6.64. The molecule has 1 fully saturated rings. The first-order valence-corrected chi connectivity index (χ1v) is 6.59. The van der Waals surface area contributed by atoms with Crippen LogP contribution in [0.1, 0.15) is 38.4 Å². The number of hydrogen-bond donors (Lipinski definition) is 1. The Labute approximate surface area is 104 Å². The van der Waals surface area contributed by atoms with E-state index in [0.29, 0.717) is 12.1 Å². The van der Waals surface area contributed by atoms with Crippen LogP contribution in [0, 0.1) is 0 Å². The van der Waals surface area contributed by atoms with Crippen LogP contribution in [0.4, 0.5) is 0 Å². The van der Waals surface area contributed by atoms with Crippen LogP contribution >= 0.6 is 0 Å². The van der Waals surface area contributed by atoms with Gasteiger partial charge in [0.1, 0.15) is 0 Å². The average molecular weight is 236 g/mol. The molecule has 1 aromatic rings. The quantitative estimate of drug-likeness (QED) is 0.863. The molecule has 96 valence electrons. The lowest BCUT2D eigenvalue weighted by Gasteiger charge is -2.30. The summed E-state index contributed by atoms with van der Waals surface area (Å²) < 4.78 is 2.24. The maximum Gasteiger partial charge on any atom is 0.0951 e. The minimum Gasteiger partial charge on any atom is -0.331 e. The van der Waals surface area contributed by atoms with Crippen LogP contribution in [0.5, 0.6) is 0 Å². The Bertz CT molecular complexity index is 345. The van der Waals surface area contributed by atoms with Gasteiger partial charge >= 0.3 is 0 Å². The highest BCUT2D eigenvalue weighted by atomic mass is 15.1. The lowest BCUT2D eigenvalue weighted by atomic mass is 10.1. The normalized spacial score (nSPS) is 22.2. The highest BCUT2D eigenvalue weighted by Gasteiger charge is 2.17. The molecule has 0 spiro atoms. The van der Waals surface area contributed by atoms with Crippen LogP contribution in [0.2, 0.25) is 0 Å². The number of piperidine rings is 1. The van der Waals surface area contributed by atoms with Gasteiger partial charge in [-0.15, -0.1) is 0 Å². The molecule has 0 aromatic carbocycles. The number of hydrogen-bond acceptors (Lipinski definition) is 3. The van der Waals surface area contributed by atoms with E-state index < -0.39 is 0 Å². The van der Waals surface area contributed by atoms with E-state index >= 15 is 0 Å². The Kier molecular flexibility index (Phi) is 4.18. The zero-order valence-electron chi connectivity index (χ0n) is 11.2. The van der Waals surface area contributed by atoms with Crippen LogP contribution in [0.3, 0.4) is 0 Å². The topological polar surface area (TPSA) is 33.1 Å². The SMILES string of the molecule is CC(C)n1cncc1CNC1CCCN(C)C1. The van der Waals surface area contributed by atoms with Crippen molar-refractivity contribution in [2.75, 3.05) is 20.1 Å². The highest BCUT2D eigenvalue weighted by Crippen LogP contribution is 2.11. The molecule has 1 saturated heterocycles. The fourth-order valence-electron chi connectivity index (χ4n) is 2.52. The summed E-state index contributed by atoms with van der Waals surface area (Å²) in [5.41, 5.74) is 1.29. The van der Waals surface area contributed by atoms with Gasteiger partial charge in [-0.3, -0.25) is 0 Å². The third kappa shape index (κ3) is 3.30. The van der Waals surface area contributed by atoms with Crippen molar-refractivity contribution in [3.8, 4) is 0 Å². The molecule has 1 atom stereocenters. The second-order valence-corrected chi connectivity index (χ2v) is 5.37. The smallest absolute Gasteiger partial charge is 0.0951 e. The van der Waals surface area contributed by atoms with E-state index in [2.05, 4.69) is 40.7 Å².